The van der Waals surface area contributed by atoms with Crippen molar-refractivity contribution in [3.63, 3.8) is 0 Å². The number of benzene rings is 3. The third-order valence-electron chi connectivity index (χ3n) is 4.86. The minimum Gasteiger partial charge on any atom is -0.508 e. The topological polar surface area (TPSA) is 88.7 Å². The molecule has 0 aliphatic heterocycles. The number of aromatic nitrogens is 2. The van der Waals surface area contributed by atoms with Gasteiger partial charge in [-0.15, -0.1) is 0 Å². The lowest BCUT2D eigenvalue weighted by molar-refractivity contribution is 0.0955. The van der Waals surface area contributed by atoms with Gasteiger partial charge < -0.3 is 9.84 Å². The summed E-state index contributed by atoms with van der Waals surface area (Å²) in [5.41, 5.74) is 6.20. The Morgan fingerprint density at radius 1 is 1.06 bits per heavy atom. The molecule has 0 saturated heterocycles. The van der Waals surface area contributed by atoms with Gasteiger partial charge in [-0.25, -0.2) is 10.1 Å². The van der Waals surface area contributed by atoms with Crippen LogP contribution in [-0.4, -0.2) is 33.6 Å². The second-order valence-electron chi connectivity index (χ2n) is 7.33. The van der Waals surface area contributed by atoms with Gasteiger partial charge in [0.15, 0.2) is 0 Å². The number of phenolic OH excluding ortho intramolecular Hbond substituents is 1. The maximum Gasteiger partial charge on any atom is 0.271 e. The first kappa shape index (κ1) is 21.8. The molecule has 7 nitrogen and oxygen atoms in total. The van der Waals surface area contributed by atoms with Crippen molar-refractivity contribution in [1.29, 1.82) is 0 Å². The van der Waals surface area contributed by atoms with Crippen molar-refractivity contribution >= 4 is 12.1 Å². The van der Waals surface area contributed by atoms with E-state index in [2.05, 4.69) is 17.5 Å². The molecule has 0 radical (unpaired) electrons. The molecule has 1 aromatic heterocycles. The fraction of sp³-hybridized carbons (Fsp3) is 0.115. The van der Waals surface area contributed by atoms with Gasteiger partial charge in [0.05, 0.1) is 18.5 Å². The summed E-state index contributed by atoms with van der Waals surface area (Å²) < 4.78 is 7.45. The van der Waals surface area contributed by atoms with E-state index in [4.69, 9.17) is 9.84 Å². The van der Waals surface area contributed by atoms with E-state index in [1.807, 2.05) is 60.8 Å². The first-order valence-corrected chi connectivity index (χ1v) is 10.6. The average Bonchev–Trinajstić information content (AvgIpc) is 3.28. The van der Waals surface area contributed by atoms with Crippen LogP contribution in [0.5, 0.6) is 11.5 Å². The highest BCUT2D eigenvalue weighted by Crippen LogP contribution is 2.25. The summed E-state index contributed by atoms with van der Waals surface area (Å²) in [7, 11) is 0. The second-order valence-corrected chi connectivity index (χ2v) is 7.33. The van der Waals surface area contributed by atoms with Crippen LogP contribution in [0.2, 0.25) is 0 Å². The van der Waals surface area contributed by atoms with Crippen molar-refractivity contribution in [2.45, 2.75) is 13.3 Å². The molecule has 0 atom stereocenters. The molecule has 4 rings (SSSR count). The average molecular weight is 441 g/mol. The standard InChI is InChI=1S/C26H24N4O3/c1-2-16-33-24-14-10-19(11-15-24)25-21(18-30(29-25)22-6-4-3-5-7-22)17-27-28-26(32)20-8-12-23(31)13-9-20/h3-15,17-18,31H,2,16H2,1H3,(H,28,32)/b27-17+. The highest BCUT2D eigenvalue weighted by atomic mass is 16.5. The second kappa shape index (κ2) is 10.3. The Hall–Kier alpha value is -4.39. The number of carbonyl (C=O) groups is 1. The molecular formula is C26H24N4O3. The van der Waals surface area contributed by atoms with Gasteiger partial charge >= 0.3 is 0 Å². The molecule has 1 amide bonds. The molecule has 1 heterocycles. The summed E-state index contributed by atoms with van der Waals surface area (Å²) in [5.74, 6) is 0.527. The van der Waals surface area contributed by atoms with Gasteiger partial charge in [0.2, 0.25) is 0 Å². The summed E-state index contributed by atoms with van der Waals surface area (Å²) in [5, 5.41) is 18.3. The van der Waals surface area contributed by atoms with Crippen LogP contribution in [0.3, 0.4) is 0 Å². The van der Waals surface area contributed by atoms with Crippen molar-refractivity contribution in [2.24, 2.45) is 5.10 Å². The molecule has 0 spiro atoms. The van der Waals surface area contributed by atoms with Gasteiger partial charge in [-0.1, -0.05) is 25.1 Å². The van der Waals surface area contributed by atoms with Crippen molar-refractivity contribution < 1.29 is 14.6 Å². The summed E-state index contributed by atoms with van der Waals surface area (Å²) in [4.78, 5) is 12.3. The zero-order chi connectivity index (χ0) is 23.0. The highest BCUT2D eigenvalue weighted by molar-refractivity contribution is 5.95. The zero-order valence-electron chi connectivity index (χ0n) is 18.2. The Balaban J connectivity index is 1.60. The fourth-order valence-electron chi connectivity index (χ4n) is 3.19. The van der Waals surface area contributed by atoms with Crippen LogP contribution >= 0.6 is 0 Å². The van der Waals surface area contributed by atoms with Gasteiger partial charge in [-0.2, -0.15) is 10.2 Å². The van der Waals surface area contributed by atoms with Crippen LogP contribution in [-0.2, 0) is 0 Å². The maximum atomic E-state index is 12.3. The maximum absolute atomic E-state index is 12.3. The van der Waals surface area contributed by atoms with Crippen LogP contribution in [0.4, 0.5) is 0 Å². The monoisotopic (exact) mass is 440 g/mol. The molecule has 3 aromatic carbocycles. The molecule has 7 heteroatoms. The third-order valence-corrected chi connectivity index (χ3v) is 4.86. The van der Waals surface area contributed by atoms with Crippen LogP contribution in [0.15, 0.2) is 90.2 Å². The number of hydrazone groups is 1. The van der Waals surface area contributed by atoms with E-state index in [-0.39, 0.29) is 11.7 Å². The fourth-order valence-corrected chi connectivity index (χ4v) is 3.19. The van der Waals surface area contributed by atoms with E-state index in [1.165, 1.54) is 24.3 Å². The Bertz CT molecular complexity index is 1230. The molecule has 4 aromatic rings. The first-order chi connectivity index (χ1) is 16.1. The quantitative estimate of drug-likeness (QED) is 0.304. The number of hydrogen-bond acceptors (Lipinski definition) is 5. The number of nitrogens with zero attached hydrogens (tertiary/aromatic N) is 3. The summed E-state index contributed by atoms with van der Waals surface area (Å²) in [6.45, 7) is 2.73. The molecule has 0 saturated carbocycles. The lowest BCUT2D eigenvalue weighted by Gasteiger charge is -2.05. The molecule has 33 heavy (non-hydrogen) atoms. The number of aromatic hydroxyl groups is 1. The highest BCUT2D eigenvalue weighted by Gasteiger charge is 2.12. The Kier molecular flexibility index (Phi) is 6.80. The molecule has 2 N–H and O–H groups in total. The van der Waals surface area contributed by atoms with Gasteiger partial charge in [-0.3, -0.25) is 4.79 Å². The number of nitrogens with one attached hydrogen (secondary N) is 1. The van der Waals surface area contributed by atoms with E-state index in [0.29, 0.717) is 12.2 Å². The van der Waals surface area contributed by atoms with Gasteiger partial charge in [-0.05, 0) is 67.1 Å². The largest absolute Gasteiger partial charge is 0.508 e. The lowest BCUT2D eigenvalue weighted by Crippen LogP contribution is -2.17. The van der Waals surface area contributed by atoms with Crippen LogP contribution in [0.25, 0.3) is 16.9 Å². The van der Waals surface area contributed by atoms with Crippen molar-refractivity contribution in [3.05, 3.63) is 96.2 Å². The van der Waals surface area contributed by atoms with Gasteiger partial charge in [0, 0.05) is 22.9 Å². The van der Waals surface area contributed by atoms with Crippen molar-refractivity contribution in [3.8, 4) is 28.4 Å². The number of carbonyl (C=O) groups excluding carboxylic acids is 1. The minimum atomic E-state index is -0.374. The van der Waals surface area contributed by atoms with E-state index in [9.17, 15) is 9.90 Å². The Morgan fingerprint density at radius 2 is 1.79 bits per heavy atom. The molecule has 0 unspecified atom stereocenters. The number of phenols is 1. The lowest BCUT2D eigenvalue weighted by atomic mass is 10.1. The number of hydrogen-bond donors (Lipinski definition) is 2. The summed E-state index contributed by atoms with van der Waals surface area (Å²) in [6.07, 6.45) is 4.38. The van der Waals surface area contributed by atoms with E-state index < -0.39 is 0 Å². The molecule has 0 aliphatic carbocycles. The summed E-state index contributed by atoms with van der Waals surface area (Å²) in [6, 6.07) is 23.5. The third kappa shape index (κ3) is 5.46. The molecule has 166 valence electrons. The van der Waals surface area contributed by atoms with E-state index in [0.717, 1.165) is 34.7 Å². The molecule has 0 bridgehead atoms. The predicted molar refractivity (Wildman–Crippen MR) is 128 cm³/mol. The number of rotatable bonds is 8. The smallest absolute Gasteiger partial charge is 0.271 e. The number of amides is 1. The minimum absolute atomic E-state index is 0.0964. The Labute approximate surface area is 192 Å². The Morgan fingerprint density at radius 3 is 2.48 bits per heavy atom. The van der Waals surface area contributed by atoms with E-state index in [1.54, 1.807) is 10.9 Å². The van der Waals surface area contributed by atoms with Crippen molar-refractivity contribution in [2.75, 3.05) is 6.61 Å². The molecular weight excluding hydrogens is 416 g/mol. The summed E-state index contributed by atoms with van der Waals surface area (Å²) >= 11 is 0. The normalized spacial score (nSPS) is 10.9. The first-order valence-electron chi connectivity index (χ1n) is 10.6. The molecule has 0 aliphatic rings. The number of para-hydroxylation sites is 1. The van der Waals surface area contributed by atoms with Crippen LogP contribution in [0, 0.1) is 0 Å². The predicted octanol–water partition coefficient (Wildman–Crippen LogP) is 4.80. The number of ether oxygens (including phenoxy) is 1. The van der Waals surface area contributed by atoms with Crippen molar-refractivity contribution in [1.82, 2.24) is 15.2 Å². The SMILES string of the molecule is CCCOc1ccc(-c2nn(-c3ccccc3)cc2/C=N/NC(=O)c2ccc(O)cc2)cc1. The zero-order valence-corrected chi connectivity index (χ0v) is 18.2. The van der Waals surface area contributed by atoms with Crippen LogP contribution < -0.4 is 10.2 Å². The molecule has 0 fully saturated rings. The van der Waals surface area contributed by atoms with E-state index >= 15 is 0 Å². The van der Waals surface area contributed by atoms with Gasteiger partial charge in [0.25, 0.3) is 5.91 Å². The van der Waals surface area contributed by atoms with Crippen LogP contribution in [0.1, 0.15) is 29.3 Å². The van der Waals surface area contributed by atoms with Gasteiger partial charge in [0.1, 0.15) is 17.2 Å².